The molecule has 0 spiro atoms. The summed E-state index contributed by atoms with van der Waals surface area (Å²) in [6.07, 6.45) is 10.0. The number of rotatable bonds is 5. The first-order valence-corrected chi connectivity index (χ1v) is 11.9. The van der Waals surface area contributed by atoms with Crippen molar-refractivity contribution in [1.82, 2.24) is 25.0 Å². The number of carbonyl (C=O) groups is 1. The predicted octanol–water partition coefficient (Wildman–Crippen LogP) is 2.05. The lowest BCUT2D eigenvalue weighted by molar-refractivity contribution is -0.117. The highest BCUT2D eigenvalue weighted by Gasteiger charge is 2.25. The van der Waals surface area contributed by atoms with E-state index in [1.807, 2.05) is 48.7 Å². The summed E-state index contributed by atoms with van der Waals surface area (Å²) < 4.78 is 28.9. The summed E-state index contributed by atoms with van der Waals surface area (Å²) in [5.41, 5.74) is 3.84. The topological polar surface area (TPSA) is 110 Å². The number of sulfonamides is 1. The molecule has 0 saturated carbocycles. The molecular weight excluding hydrogens is 440 g/mol. The molecule has 0 saturated heterocycles. The highest BCUT2D eigenvalue weighted by molar-refractivity contribution is 7.90. The number of pyridine rings is 1. The van der Waals surface area contributed by atoms with Gasteiger partial charge in [0.05, 0.1) is 22.7 Å². The first kappa shape index (κ1) is 20.8. The zero-order valence-electron chi connectivity index (χ0n) is 17.5. The van der Waals surface area contributed by atoms with Gasteiger partial charge in [-0.2, -0.15) is 5.10 Å². The number of amidine groups is 1. The maximum atomic E-state index is 12.8. The molecule has 33 heavy (non-hydrogen) atoms. The van der Waals surface area contributed by atoms with Gasteiger partial charge in [0.2, 0.25) is 0 Å². The Hall–Kier alpha value is -4.05. The Morgan fingerprint density at radius 3 is 2.64 bits per heavy atom. The molecule has 2 aromatic heterocycles. The van der Waals surface area contributed by atoms with Crippen LogP contribution in [-0.2, 0) is 21.4 Å². The van der Waals surface area contributed by atoms with E-state index in [1.165, 1.54) is 0 Å². The van der Waals surface area contributed by atoms with Gasteiger partial charge in [0, 0.05) is 49.0 Å². The van der Waals surface area contributed by atoms with Gasteiger partial charge in [-0.3, -0.25) is 9.78 Å². The van der Waals surface area contributed by atoms with Crippen molar-refractivity contribution < 1.29 is 13.2 Å². The lowest BCUT2D eigenvalue weighted by Crippen LogP contribution is -2.38. The lowest BCUT2D eigenvalue weighted by atomic mass is 10.1. The number of hydrogen-bond donors (Lipinski definition) is 1. The fraction of sp³-hybridized carbons (Fsp3) is 0.130. The highest BCUT2D eigenvalue weighted by atomic mass is 32.2. The third-order valence-corrected chi connectivity index (χ3v) is 6.45. The molecule has 0 unspecified atom stereocenters. The Kier molecular flexibility index (Phi) is 5.35. The summed E-state index contributed by atoms with van der Waals surface area (Å²) in [5.74, 6) is -0.0299. The van der Waals surface area contributed by atoms with E-state index in [0.29, 0.717) is 11.4 Å². The van der Waals surface area contributed by atoms with Gasteiger partial charge in [-0.25, -0.2) is 13.1 Å². The molecule has 1 aromatic carbocycles. The van der Waals surface area contributed by atoms with Crippen LogP contribution in [0.2, 0.25) is 0 Å². The number of benzene rings is 1. The molecule has 0 radical (unpaired) electrons. The number of fused-ring (bicyclic) bond motifs is 1. The molecule has 0 bridgehead atoms. The number of nitrogens with one attached hydrogen (secondary N) is 1. The van der Waals surface area contributed by atoms with Gasteiger partial charge in [-0.05, 0) is 36.4 Å². The van der Waals surface area contributed by atoms with Crippen LogP contribution < -0.4 is 5.32 Å². The monoisotopic (exact) mass is 460 g/mol. The van der Waals surface area contributed by atoms with Gasteiger partial charge in [-0.15, -0.1) is 4.40 Å². The third-order valence-electron chi connectivity index (χ3n) is 5.29. The molecule has 9 nitrogen and oxygen atoms in total. The van der Waals surface area contributed by atoms with Crippen molar-refractivity contribution in [2.45, 2.75) is 6.54 Å². The zero-order valence-corrected chi connectivity index (χ0v) is 18.3. The second kappa shape index (κ2) is 8.47. The van der Waals surface area contributed by atoms with Gasteiger partial charge in [0.1, 0.15) is 5.84 Å². The van der Waals surface area contributed by atoms with Crippen molar-refractivity contribution in [2.24, 2.45) is 4.40 Å². The predicted molar refractivity (Wildman–Crippen MR) is 124 cm³/mol. The molecule has 10 heteroatoms. The smallest absolute Gasteiger partial charge is 0.256 e. The average Bonchev–Trinajstić information content (AvgIpc) is 3.27. The Morgan fingerprint density at radius 2 is 1.85 bits per heavy atom. The Morgan fingerprint density at radius 1 is 1.06 bits per heavy atom. The molecule has 0 fully saturated rings. The van der Waals surface area contributed by atoms with E-state index in [-0.39, 0.29) is 24.7 Å². The second-order valence-corrected chi connectivity index (χ2v) is 9.30. The van der Waals surface area contributed by atoms with E-state index in [0.717, 1.165) is 22.5 Å². The van der Waals surface area contributed by atoms with E-state index < -0.39 is 10.0 Å². The minimum absolute atomic E-state index is 0.0797. The van der Waals surface area contributed by atoms with Crippen molar-refractivity contribution in [3.05, 3.63) is 90.5 Å². The SMILES string of the molecule is O=C(NCc1cn(-c2ccccc2)nc1-c1ccncc1)C1=CN2CCS(=O)(=O)N=C2C=C1. The van der Waals surface area contributed by atoms with E-state index in [2.05, 4.69) is 14.7 Å². The maximum absolute atomic E-state index is 12.8. The molecule has 1 amide bonds. The van der Waals surface area contributed by atoms with Crippen LogP contribution >= 0.6 is 0 Å². The van der Waals surface area contributed by atoms with E-state index in [9.17, 15) is 13.2 Å². The molecule has 5 rings (SSSR count). The van der Waals surface area contributed by atoms with E-state index in [1.54, 1.807) is 40.3 Å². The summed E-state index contributed by atoms with van der Waals surface area (Å²) in [7, 11) is -3.44. The highest BCUT2D eigenvalue weighted by Crippen LogP contribution is 2.23. The van der Waals surface area contributed by atoms with Gasteiger partial charge < -0.3 is 10.2 Å². The van der Waals surface area contributed by atoms with Crippen LogP contribution in [0.25, 0.3) is 16.9 Å². The van der Waals surface area contributed by atoms with Gasteiger partial charge >= 0.3 is 0 Å². The minimum atomic E-state index is -3.44. The summed E-state index contributed by atoms with van der Waals surface area (Å²) in [6, 6.07) is 13.5. The van der Waals surface area contributed by atoms with E-state index in [4.69, 9.17) is 5.10 Å². The van der Waals surface area contributed by atoms with Gasteiger partial charge in [0.15, 0.2) is 0 Å². The first-order chi connectivity index (χ1) is 16.0. The van der Waals surface area contributed by atoms with Crippen molar-refractivity contribution >= 4 is 21.8 Å². The number of carbonyl (C=O) groups excluding carboxylic acids is 1. The summed E-state index contributed by atoms with van der Waals surface area (Å²) in [6.45, 7) is 0.530. The number of aromatic nitrogens is 3. The van der Waals surface area contributed by atoms with Crippen LogP contribution in [0.1, 0.15) is 5.56 Å². The van der Waals surface area contributed by atoms with Crippen LogP contribution in [0.3, 0.4) is 0 Å². The summed E-state index contributed by atoms with van der Waals surface area (Å²) >= 11 is 0. The Labute approximate surface area is 190 Å². The van der Waals surface area contributed by atoms with Crippen LogP contribution in [-0.4, -0.2) is 52.1 Å². The van der Waals surface area contributed by atoms with Crippen molar-refractivity contribution in [1.29, 1.82) is 0 Å². The molecular formula is C23H20N6O3S. The number of amides is 1. The molecule has 3 aromatic rings. The number of para-hydroxylation sites is 1. The largest absolute Gasteiger partial charge is 0.348 e. The zero-order chi connectivity index (χ0) is 22.8. The average molecular weight is 461 g/mol. The first-order valence-electron chi connectivity index (χ1n) is 10.3. The molecule has 1 N–H and O–H groups in total. The minimum Gasteiger partial charge on any atom is -0.348 e. The van der Waals surface area contributed by atoms with Crippen molar-refractivity contribution in [3.63, 3.8) is 0 Å². The van der Waals surface area contributed by atoms with Crippen LogP contribution in [0.5, 0.6) is 0 Å². The fourth-order valence-electron chi connectivity index (χ4n) is 3.62. The third kappa shape index (κ3) is 4.46. The summed E-state index contributed by atoms with van der Waals surface area (Å²) in [4.78, 5) is 18.6. The molecule has 4 heterocycles. The number of nitrogens with zero attached hydrogens (tertiary/aromatic N) is 5. The Bertz CT molecular complexity index is 1390. The van der Waals surface area contributed by atoms with Crippen molar-refractivity contribution in [3.8, 4) is 16.9 Å². The normalized spacial score (nSPS) is 16.5. The van der Waals surface area contributed by atoms with Crippen LogP contribution in [0.4, 0.5) is 0 Å². The quantitative estimate of drug-likeness (QED) is 0.624. The summed E-state index contributed by atoms with van der Waals surface area (Å²) in [5, 5.41) is 7.68. The van der Waals surface area contributed by atoms with Gasteiger partial charge in [-0.1, -0.05) is 18.2 Å². The Balaban J connectivity index is 1.37. The standard InChI is InChI=1S/C23H20N6O3S/c30-23(18-6-7-21-27-33(31,32)13-12-28(21)15-18)25-14-19-16-29(20-4-2-1-3-5-20)26-22(19)17-8-10-24-11-9-17/h1-11,15-16H,12-14H2,(H,25,30). The molecule has 0 aliphatic carbocycles. The fourth-order valence-corrected chi connectivity index (χ4v) is 4.59. The number of hydrogen-bond acceptors (Lipinski definition) is 6. The van der Waals surface area contributed by atoms with Crippen LogP contribution in [0.15, 0.2) is 89.4 Å². The van der Waals surface area contributed by atoms with E-state index >= 15 is 0 Å². The van der Waals surface area contributed by atoms with Crippen molar-refractivity contribution in [2.75, 3.05) is 12.3 Å². The van der Waals surface area contributed by atoms with Gasteiger partial charge in [0.25, 0.3) is 15.9 Å². The molecule has 2 aliphatic rings. The molecule has 2 aliphatic heterocycles. The molecule has 166 valence electrons. The molecule has 0 atom stereocenters. The van der Waals surface area contributed by atoms with Crippen LogP contribution in [0, 0.1) is 0 Å². The second-order valence-electron chi connectivity index (χ2n) is 7.55. The maximum Gasteiger partial charge on any atom is 0.256 e. The lowest BCUT2D eigenvalue weighted by Gasteiger charge is -2.26.